The number of aromatic nitrogens is 2. The molecule has 3 rings (SSSR count). The zero-order valence-electron chi connectivity index (χ0n) is 12.2. The lowest BCUT2D eigenvalue weighted by molar-refractivity contribution is -0.113. The second kappa shape index (κ2) is 6.83. The molecule has 0 spiro atoms. The van der Waals surface area contributed by atoms with Gasteiger partial charge in [0.1, 0.15) is 5.75 Å². The summed E-state index contributed by atoms with van der Waals surface area (Å²) in [4.78, 5) is 12.0. The molecule has 1 aromatic heterocycles. The van der Waals surface area contributed by atoms with Gasteiger partial charge in [-0.15, -0.1) is 10.2 Å². The quantitative estimate of drug-likeness (QED) is 0.790. The summed E-state index contributed by atoms with van der Waals surface area (Å²) in [7, 11) is 0. The van der Waals surface area contributed by atoms with E-state index in [0.717, 1.165) is 12.8 Å². The van der Waals surface area contributed by atoms with Gasteiger partial charge in [-0.05, 0) is 31.9 Å². The third-order valence-corrected chi connectivity index (χ3v) is 3.95. The lowest BCUT2D eigenvalue weighted by atomic mass is 10.3. The van der Waals surface area contributed by atoms with Crippen molar-refractivity contribution in [2.45, 2.75) is 30.9 Å². The number of ether oxygens (including phenoxy) is 1. The first-order valence-electron chi connectivity index (χ1n) is 7.24. The highest BCUT2D eigenvalue weighted by molar-refractivity contribution is 7.99. The van der Waals surface area contributed by atoms with Gasteiger partial charge >= 0.3 is 0 Å². The number of amides is 1. The zero-order chi connectivity index (χ0) is 15.4. The van der Waals surface area contributed by atoms with Crippen molar-refractivity contribution in [1.82, 2.24) is 10.2 Å². The van der Waals surface area contributed by atoms with E-state index in [0.29, 0.717) is 35.1 Å². The number of para-hydroxylation sites is 2. The highest BCUT2D eigenvalue weighted by Crippen LogP contribution is 2.39. The lowest BCUT2D eigenvalue weighted by Crippen LogP contribution is -2.14. The topological polar surface area (TPSA) is 77.2 Å². The van der Waals surface area contributed by atoms with Gasteiger partial charge in [-0.2, -0.15) is 0 Å². The average Bonchev–Trinajstić information content (AvgIpc) is 3.26. The Morgan fingerprint density at radius 3 is 3.00 bits per heavy atom. The van der Waals surface area contributed by atoms with Gasteiger partial charge in [0, 0.05) is 5.92 Å². The smallest absolute Gasteiger partial charge is 0.277 e. The molecule has 2 aromatic rings. The minimum Gasteiger partial charge on any atom is -0.492 e. The summed E-state index contributed by atoms with van der Waals surface area (Å²) in [5.41, 5.74) is 0.666. The fourth-order valence-corrected chi connectivity index (χ4v) is 2.51. The van der Waals surface area contributed by atoms with Crippen LogP contribution in [-0.4, -0.2) is 28.5 Å². The van der Waals surface area contributed by atoms with Gasteiger partial charge in [-0.1, -0.05) is 23.9 Å². The standard InChI is InChI=1S/C15H17N3O3S/c1-2-20-12-6-4-3-5-11(12)16-13(19)9-22-15-18-17-14(21-15)10-7-8-10/h3-6,10H,2,7-9H2,1H3,(H,16,19). The number of nitrogens with one attached hydrogen (secondary N) is 1. The van der Waals surface area contributed by atoms with E-state index < -0.39 is 0 Å². The molecule has 1 N–H and O–H groups in total. The molecule has 22 heavy (non-hydrogen) atoms. The number of rotatable bonds is 7. The largest absolute Gasteiger partial charge is 0.492 e. The average molecular weight is 319 g/mol. The van der Waals surface area contributed by atoms with Crippen molar-refractivity contribution in [3.63, 3.8) is 0 Å². The third-order valence-electron chi connectivity index (χ3n) is 3.14. The Morgan fingerprint density at radius 2 is 2.23 bits per heavy atom. The van der Waals surface area contributed by atoms with E-state index in [2.05, 4.69) is 15.5 Å². The lowest BCUT2D eigenvalue weighted by Gasteiger charge is -2.10. The summed E-state index contributed by atoms with van der Waals surface area (Å²) in [6, 6.07) is 7.36. The van der Waals surface area contributed by atoms with Gasteiger partial charge in [-0.25, -0.2) is 0 Å². The maximum Gasteiger partial charge on any atom is 0.277 e. The van der Waals surface area contributed by atoms with Gasteiger partial charge in [0.25, 0.3) is 5.22 Å². The summed E-state index contributed by atoms with van der Waals surface area (Å²) in [6.07, 6.45) is 2.22. The predicted octanol–water partition coefficient (Wildman–Crippen LogP) is 3.08. The van der Waals surface area contributed by atoms with E-state index >= 15 is 0 Å². The normalized spacial score (nSPS) is 13.9. The van der Waals surface area contributed by atoms with Crippen molar-refractivity contribution in [3.05, 3.63) is 30.2 Å². The van der Waals surface area contributed by atoms with Crippen LogP contribution in [0.3, 0.4) is 0 Å². The van der Waals surface area contributed by atoms with Crippen molar-refractivity contribution in [2.75, 3.05) is 17.7 Å². The molecular weight excluding hydrogens is 302 g/mol. The minimum atomic E-state index is -0.136. The first-order valence-corrected chi connectivity index (χ1v) is 8.22. The number of thioether (sulfide) groups is 1. The van der Waals surface area contributed by atoms with Crippen LogP contribution in [0, 0.1) is 0 Å². The maximum atomic E-state index is 12.0. The van der Waals surface area contributed by atoms with Gasteiger partial charge < -0.3 is 14.5 Å². The fourth-order valence-electron chi connectivity index (χ4n) is 1.94. The van der Waals surface area contributed by atoms with Crippen LogP contribution >= 0.6 is 11.8 Å². The zero-order valence-corrected chi connectivity index (χ0v) is 13.1. The molecule has 1 fully saturated rings. The first-order chi connectivity index (χ1) is 10.8. The molecule has 116 valence electrons. The van der Waals surface area contributed by atoms with Crippen LogP contribution in [-0.2, 0) is 4.79 Å². The van der Waals surface area contributed by atoms with Crippen molar-refractivity contribution in [1.29, 1.82) is 0 Å². The second-order valence-electron chi connectivity index (χ2n) is 4.95. The third kappa shape index (κ3) is 3.79. The monoisotopic (exact) mass is 319 g/mol. The molecule has 1 amide bonds. The molecule has 7 heteroatoms. The van der Waals surface area contributed by atoms with E-state index in [1.807, 2.05) is 31.2 Å². The summed E-state index contributed by atoms with van der Waals surface area (Å²) in [6.45, 7) is 2.45. The molecule has 1 saturated carbocycles. The van der Waals surface area contributed by atoms with Crippen molar-refractivity contribution < 1.29 is 13.9 Å². The van der Waals surface area contributed by atoms with Crippen LogP contribution in [0.25, 0.3) is 0 Å². The molecule has 0 saturated heterocycles. The minimum absolute atomic E-state index is 0.136. The molecule has 1 aliphatic carbocycles. The number of benzene rings is 1. The second-order valence-corrected chi connectivity index (χ2v) is 5.87. The molecule has 1 aliphatic rings. The molecule has 0 aliphatic heterocycles. The van der Waals surface area contributed by atoms with E-state index in [1.165, 1.54) is 11.8 Å². The Morgan fingerprint density at radius 1 is 1.41 bits per heavy atom. The Labute approximate surface area is 132 Å². The molecule has 1 heterocycles. The number of hydrogen-bond acceptors (Lipinski definition) is 6. The fraction of sp³-hybridized carbons (Fsp3) is 0.400. The van der Waals surface area contributed by atoms with Crippen molar-refractivity contribution in [2.24, 2.45) is 0 Å². The number of carbonyl (C=O) groups excluding carboxylic acids is 1. The Balaban J connectivity index is 1.53. The Hall–Kier alpha value is -2.02. The van der Waals surface area contributed by atoms with Gasteiger partial charge in [0.05, 0.1) is 18.0 Å². The Bertz CT molecular complexity index is 655. The molecule has 0 atom stereocenters. The van der Waals surface area contributed by atoms with Gasteiger partial charge in [0.2, 0.25) is 11.8 Å². The van der Waals surface area contributed by atoms with Crippen LogP contribution in [0.5, 0.6) is 5.75 Å². The maximum absolute atomic E-state index is 12.0. The molecule has 1 aromatic carbocycles. The van der Waals surface area contributed by atoms with Crippen LogP contribution in [0.2, 0.25) is 0 Å². The van der Waals surface area contributed by atoms with Gasteiger partial charge in [-0.3, -0.25) is 4.79 Å². The number of nitrogens with zero attached hydrogens (tertiary/aromatic N) is 2. The van der Waals surface area contributed by atoms with Gasteiger partial charge in [0.15, 0.2) is 0 Å². The highest BCUT2D eigenvalue weighted by Gasteiger charge is 2.29. The number of hydrogen-bond donors (Lipinski definition) is 1. The van der Waals surface area contributed by atoms with E-state index in [-0.39, 0.29) is 11.7 Å². The van der Waals surface area contributed by atoms with E-state index in [1.54, 1.807) is 0 Å². The molecule has 0 unspecified atom stereocenters. The summed E-state index contributed by atoms with van der Waals surface area (Å²) in [5, 5.41) is 11.2. The number of anilines is 1. The van der Waals surface area contributed by atoms with Crippen LogP contribution in [0.15, 0.2) is 33.9 Å². The number of carbonyl (C=O) groups is 1. The molecule has 0 bridgehead atoms. The highest BCUT2D eigenvalue weighted by atomic mass is 32.2. The summed E-state index contributed by atoms with van der Waals surface area (Å²) < 4.78 is 11.0. The molecular formula is C15H17N3O3S. The molecule has 0 radical (unpaired) electrons. The summed E-state index contributed by atoms with van der Waals surface area (Å²) in [5.74, 6) is 1.85. The van der Waals surface area contributed by atoms with Crippen molar-refractivity contribution >= 4 is 23.4 Å². The van der Waals surface area contributed by atoms with E-state index in [4.69, 9.17) is 9.15 Å². The van der Waals surface area contributed by atoms with E-state index in [9.17, 15) is 4.79 Å². The Kier molecular flexibility index (Phi) is 4.62. The summed E-state index contributed by atoms with van der Waals surface area (Å²) >= 11 is 1.24. The van der Waals surface area contributed by atoms with Crippen LogP contribution < -0.4 is 10.1 Å². The molecule has 6 nitrogen and oxygen atoms in total. The SMILES string of the molecule is CCOc1ccccc1NC(=O)CSc1nnc(C2CC2)o1. The predicted molar refractivity (Wildman–Crippen MR) is 83.2 cm³/mol. The van der Waals surface area contributed by atoms with Crippen LogP contribution in [0.1, 0.15) is 31.6 Å². The van der Waals surface area contributed by atoms with Crippen molar-refractivity contribution in [3.8, 4) is 5.75 Å². The first kappa shape index (κ1) is 14.9. The van der Waals surface area contributed by atoms with Crippen LogP contribution in [0.4, 0.5) is 5.69 Å².